The number of aromatic nitrogens is 3. The number of aryl methyl sites for hydroxylation is 1. The molecule has 3 aromatic rings. The number of nitrogens with zero attached hydrogens (tertiary/aromatic N) is 3. The fourth-order valence-corrected chi connectivity index (χ4v) is 2.64. The van der Waals surface area contributed by atoms with Crippen LogP contribution in [0.15, 0.2) is 47.2 Å². The third-order valence-corrected chi connectivity index (χ3v) is 3.71. The van der Waals surface area contributed by atoms with Crippen LogP contribution in [-0.4, -0.2) is 14.6 Å². The van der Waals surface area contributed by atoms with E-state index in [1.807, 2.05) is 35.8 Å². The highest BCUT2D eigenvalue weighted by atomic mass is 79.9. The molecule has 20 heavy (non-hydrogen) atoms. The van der Waals surface area contributed by atoms with E-state index in [-0.39, 0.29) is 6.04 Å². The zero-order valence-corrected chi connectivity index (χ0v) is 12.9. The van der Waals surface area contributed by atoms with E-state index < -0.39 is 0 Å². The number of fused-ring (bicyclic) bond motifs is 1. The van der Waals surface area contributed by atoms with E-state index >= 15 is 0 Å². The molecular formula is C15H15BrN4. The Bertz CT molecular complexity index is 750. The molecule has 1 atom stereocenters. The van der Waals surface area contributed by atoms with Crippen molar-refractivity contribution in [3.8, 4) is 0 Å². The molecule has 0 saturated heterocycles. The maximum absolute atomic E-state index is 4.42. The molecule has 2 aromatic heterocycles. The van der Waals surface area contributed by atoms with E-state index in [1.165, 1.54) is 5.56 Å². The molecule has 3 rings (SSSR count). The predicted molar refractivity (Wildman–Crippen MR) is 83.9 cm³/mol. The summed E-state index contributed by atoms with van der Waals surface area (Å²) in [6.07, 6.45) is 3.62. The van der Waals surface area contributed by atoms with Gasteiger partial charge in [-0.05, 0) is 37.6 Å². The van der Waals surface area contributed by atoms with Crippen LogP contribution in [0.2, 0.25) is 0 Å². The van der Waals surface area contributed by atoms with Crippen LogP contribution in [0, 0.1) is 6.92 Å². The number of nitrogens with one attached hydrogen (secondary N) is 1. The standard InChI is InChI=1S/C15H15BrN4/c1-10-8-14-15(17-6-7-20(14)19-10)18-11(2)12-4-3-5-13(16)9-12/h3-9,11H,1-2H3,(H,17,18). The molecule has 0 saturated carbocycles. The van der Waals surface area contributed by atoms with Crippen molar-refractivity contribution < 1.29 is 0 Å². The first-order valence-electron chi connectivity index (χ1n) is 6.46. The van der Waals surface area contributed by atoms with Crippen LogP contribution in [0.5, 0.6) is 0 Å². The lowest BCUT2D eigenvalue weighted by Gasteiger charge is -2.15. The Balaban J connectivity index is 1.93. The van der Waals surface area contributed by atoms with Crippen molar-refractivity contribution in [1.82, 2.24) is 14.6 Å². The van der Waals surface area contributed by atoms with Crippen molar-refractivity contribution in [2.75, 3.05) is 5.32 Å². The van der Waals surface area contributed by atoms with Crippen molar-refractivity contribution in [2.24, 2.45) is 0 Å². The highest BCUT2D eigenvalue weighted by molar-refractivity contribution is 9.10. The molecule has 0 aliphatic heterocycles. The van der Waals surface area contributed by atoms with E-state index in [9.17, 15) is 0 Å². The average Bonchev–Trinajstić information content (AvgIpc) is 2.80. The molecule has 102 valence electrons. The van der Waals surface area contributed by atoms with Crippen molar-refractivity contribution in [3.63, 3.8) is 0 Å². The SMILES string of the molecule is Cc1cc2c(NC(C)c3cccc(Br)c3)nccn2n1. The topological polar surface area (TPSA) is 42.2 Å². The zero-order chi connectivity index (χ0) is 14.1. The van der Waals surface area contributed by atoms with Gasteiger partial charge in [0.1, 0.15) is 5.52 Å². The molecule has 0 spiro atoms. The lowest BCUT2D eigenvalue weighted by atomic mass is 10.1. The Hall–Kier alpha value is -1.88. The maximum Gasteiger partial charge on any atom is 0.152 e. The Kier molecular flexibility index (Phi) is 3.44. The number of hydrogen-bond donors (Lipinski definition) is 1. The minimum Gasteiger partial charge on any atom is -0.362 e. The smallest absolute Gasteiger partial charge is 0.152 e. The summed E-state index contributed by atoms with van der Waals surface area (Å²) in [4.78, 5) is 4.42. The Morgan fingerprint density at radius 3 is 2.95 bits per heavy atom. The highest BCUT2D eigenvalue weighted by Gasteiger charge is 2.10. The van der Waals surface area contributed by atoms with Gasteiger partial charge in [0, 0.05) is 16.9 Å². The van der Waals surface area contributed by atoms with E-state index in [4.69, 9.17) is 0 Å². The fourth-order valence-electron chi connectivity index (χ4n) is 2.22. The van der Waals surface area contributed by atoms with Gasteiger partial charge < -0.3 is 5.32 Å². The molecule has 0 amide bonds. The number of rotatable bonds is 3. The average molecular weight is 331 g/mol. The first-order chi connectivity index (χ1) is 9.63. The second-order valence-corrected chi connectivity index (χ2v) is 5.73. The van der Waals surface area contributed by atoms with Gasteiger partial charge in [-0.3, -0.25) is 0 Å². The molecular weight excluding hydrogens is 316 g/mol. The van der Waals surface area contributed by atoms with Crippen LogP contribution in [0.3, 0.4) is 0 Å². The van der Waals surface area contributed by atoms with Gasteiger partial charge >= 0.3 is 0 Å². The largest absolute Gasteiger partial charge is 0.362 e. The third kappa shape index (κ3) is 2.54. The molecule has 1 aromatic carbocycles. The molecule has 0 aliphatic carbocycles. The molecule has 2 heterocycles. The third-order valence-electron chi connectivity index (χ3n) is 3.21. The fraction of sp³-hybridized carbons (Fsp3) is 0.200. The molecule has 0 fully saturated rings. The highest BCUT2D eigenvalue weighted by Crippen LogP contribution is 2.23. The van der Waals surface area contributed by atoms with E-state index in [0.717, 1.165) is 21.5 Å². The summed E-state index contributed by atoms with van der Waals surface area (Å²) in [5, 5.41) is 7.85. The van der Waals surface area contributed by atoms with Gasteiger partial charge in [-0.2, -0.15) is 5.10 Å². The van der Waals surface area contributed by atoms with Crippen molar-refractivity contribution in [3.05, 3.63) is 58.5 Å². The maximum atomic E-state index is 4.42. The van der Waals surface area contributed by atoms with Gasteiger partial charge in [0.25, 0.3) is 0 Å². The summed E-state index contributed by atoms with van der Waals surface area (Å²) in [7, 11) is 0. The second-order valence-electron chi connectivity index (χ2n) is 4.81. The first kappa shape index (κ1) is 13.1. The molecule has 4 nitrogen and oxygen atoms in total. The number of halogens is 1. The summed E-state index contributed by atoms with van der Waals surface area (Å²) in [6, 6.07) is 10.5. The molecule has 0 aliphatic rings. The second kappa shape index (κ2) is 5.25. The van der Waals surface area contributed by atoms with E-state index in [2.05, 4.69) is 50.4 Å². The first-order valence-corrected chi connectivity index (χ1v) is 7.26. The summed E-state index contributed by atoms with van der Waals surface area (Å²) < 4.78 is 2.92. The van der Waals surface area contributed by atoms with Gasteiger partial charge in [0.05, 0.1) is 11.7 Å². The molecule has 5 heteroatoms. The van der Waals surface area contributed by atoms with E-state index in [0.29, 0.717) is 0 Å². The van der Waals surface area contributed by atoms with Gasteiger partial charge in [0.15, 0.2) is 5.82 Å². The quantitative estimate of drug-likeness (QED) is 0.789. The molecule has 0 radical (unpaired) electrons. The van der Waals surface area contributed by atoms with Gasteiger partial charge in [-0.15, -0.1) is 0 Å². The van der Waals surface area contributed by atoms with Crippen molar-refractivity contribution in [1.29, 1.82) is 0 Å². The monoisotopic (exact) mass is 330 g/mol. The van der Waals surface area contributed by atoms with Gasteiger partial charge in [-0.1, -0.05) is 28.1 Å². The minimum absolute atomic E-state index is 0.168. The molecule has 1 N–H and O–H groups in total. The Morgan fingerprint density at radius 2 is 2.15 bits per heavy atom. The van der Waals surface area contributed by atoms with Crippen LogP contribution in [0.1, 0.15) is 24.2 Å². The summed E-state index contributed by atoms with van der Waals surface area (Å²) >= 11 is 3.50. The van der Waals surface area contributed by atoms with Crippen LogP contribution in [-0.2, 0) is 0 Å². The summed E-state index contributed by atoms with van der Waals surface area (Å²) in [5.41, 5.74) is 3.18. The number of benzene rings is 1. The van der Waals surface area contributed by atoms with Crippen molar-refractivity contribution >= 4 is 27.3 Å². The summed E-state index contributed by atoms with van der Waals surface area (Å²) in [6.45, 7) is 4.10. The Labute approximate surface area is 126 Å². The lowest BCUT2D eigenvalue weighted by molar-refractivity contribution is 0.864. The zero-order valence-electron chi connectivity index (χ0n) is 11.3. The van der Waals surface area contributed by atoms with Crippen LogP contribution in [0.4, 0.5) is 5.82 Å². The van der Waals surface area contributed by atoms with E-state index in [1.54, 1.807) is 6.20 Å². The number of hydrogen-bond acceptors (Lipinski definition) is 3. The van der Waals surface area contributed by atoms with Gasteiger partial charge in [0.2, 0.25) is 0 Å². The van der Waals surface area contributed by atoms with Crippen LogP contribution in [0.25, 0.3) is 5.52 Å². The Morgan fingerprint density at radius 1 is 1.30 bits per heavy atom. The number of anilines is 1. The molecule has 0 bridgehead atoms. The lowest BCUT2D eigenvalue weighted by Crippen LogP contribution is -2.09. The molecule has 1 unspecified atom stereocenters. The van der Waals surface area contributed by atoms with Crippen molar-refractivity contribution in [2.45, 2.75) is 19.9 Å². The minimum atomic E-state index is 0.168. The van der Waals surface area contributed by atoms with Gasteiger partial charge in [-0.25, -0.2) is 9.50 Å². The van der Waals surface area contributed by atoms with Crippen LogP contribution < -0.4 is 5.32 Å². The predicted octanol–water partition coefficient (Wildman–Crippen LogP) is 3.97. The normalized spacial score (nSPS) is 12.6. The van der Waals surface area contributed by atoms with Crippen LogP contribution >= 0.6 is 15.9 Å². The summed E-state index contributed by atoms with van der Waals surface area (Å²) in [5.74, 6) is 0.848.